The third-order valence-electron chi connectivity index (χ3n) is 5.34. The third-order valence-corrected chi connectivity index (χ3v) is 5.34. The van der Waals surface area contributed by atoms with Crippen molar-refractivity contribution in [3.05, 3.63) is 35.4 Å². The van der Waals surface area contributed by atoms with Crippen LogP contribution in [0.2, 0.25) is 0 Å². The molecule has 1 atom stereocenters. The van der Waals surface area contributed by atoms with E-state index in [0.29, 0.717) is 36.7 Å². The predicted octanol–water partition coefficient (Wildman–Crippen LogP) is 2.04. The van der Waals surface area contributed by atoms with Crippen LogP contribution in [0.1, 0.15) is 27.6 Å². The van der Waals surface area contributed by atoms with Gasteiger partial charge in [-0.2, -0.15) is 13.2 Å². The van der Waals surface area contributed by atoms with Gasteiger partial charge in [0.1, 0.15) is 6.04 Å². The van der Waals surface area contributed by atoms with E-state index in [2.05, 4.69) is 10.3 Å². The number of halogens is 4. The second-order valence-electron chi connectivity index (χ2n) is 7.02. The van der Waals surface area contributed by atoms with Crippen molar-refractivity contribution in [2.45, 2.75) is 19.1 Å². The van der Waals surface area contributed by atoms with Gasteiger partial charge < -0.3 is 10.2 Å². The van der Waals surface area contributed by atoms with Crippen molar-refractivity contribution in [2.24, 2.45) is 4.99 Å². The van der Waals surface area contributed by atoms with Gasteiger partial charge in [-0.1, -0.05) is 12.1 Å². The number of rotatable bonds is 4. The number of aliphatic imine (C=N–C) groups is 1. The molecule has 30 heavy (non-hydrogen) atoms. The van der Waals surface area contributed by atoms with Gasteiger partial charge >= 0.3 is 6.18 Å². The maximum Gasteiger partial charge on any atom is 0.403 e. The van der Waals surface area contributed by atoms with Gasteiger partial charge in [-0.25, -0.2) is 0 Å². The summed E-state index contributed by atoms with van der Waals surface area (Å²) in [5.41, 5.74) is 0.800. The average molecular weight is 539 g/mol. The molecule has 1 aromatic rings. The Bertz CT molecular complexity index is 775. The summed E-state index contributed by atoms with van der Waals surface area (Å²) >= 11 is 0. The molecule has 1 unspecified atom stereocenters. The van der Waals surface area contributed by atoms with Crippen LogP contribution in [0.4, 0.5) is 13.2 Å². The molecule has 1 N–H and O–H groups in total. The summed E-state index contributed by atoms with van der Waals surface area (Å²) in [6.07, 6.45) is -4.24. The lowest BCUT2D eigenvalue weighted by atomic mass is 10.1. The minimum Gasteiger partial charge on any atom is -0.354 e. The second kappa shape index (κ2) is 9.94. The van der Waals surface area contributed by atoms with E-state index in [9.17, 15) is 22.8 Å². The highest BCUT2D eigenvalue weighted by molar-refractivity contribution is 14.0. The fourth-order valence-electron chi connectivity index (χ4n) is 3.58. The highest BCUT2D eigenvalue weighted by Gasteiger charge is 2.41. The van der Waals surface area contributed by atoms with Gasteiger partial charge in [0.2, 0.25) is 0 Å². The molecular weight excluding hydrogens is 514 g/mol. The Kier molecular flexibility index (Phi) is 8.08. The second-order valence-corrected chi connectivity index (χ2v) is 7.02. The lowest BCUT2D eigenvalue weighted by molar-refractivity contribution is -0.181. The molecule has 11 heteroatoms. The van der Waals surface area contributed by atoms with E-state index in [1.807, 2.05) is 4.90 Å². The lowest BCUT2D eigenvalue weighted by Crippen LogP contribution is -2.57. The zero-order valence-electron chi connectivity index (χ0n) is 16.8. The summed E-state index contributed by atoms with van der Waals surface area (Å²) in [7, 11) is 1.59. The average Bonchev–Trinajstić information content (AvgIpc) is 2.95. The summed E-state index contributed by atoms with van der Waals surface area (Å²) in [4.78, 5) is 33.4. The number of nitrogens with one attached hydrogen (secondary N) is 1. The largest absolute Gasteiger partial charge is 0.403 e. The van der Waals surface area contributed by atoms with E-state index in [1.54, 1.807) is 31.3 Å². The zero-order valence-corrected chi connectivity index (χ0v) is 19.1. The zero-order chi connectivity index (χ0) is 21.2. The summed E-state index contributed by atoms with van der Waals surface area (Å²) in [5.74, 6) is -0.102. The van der Waals surface area contributed by atoms with Gasteiger partial charge in [0.15, 0.2) is 5.96 Å². The number of hydrogen-bond donors (Lipinski definition) is 1. The van der Waals surface area contributed by atoms with Gasteiger partial charge in [0.25, 0.3) is 11.8 Å². The molecule has 1 fully saturated rings. The normalized spacial score (nSPS) is 18.9. The maximum absolute atomic E-state index is 12.9. The van der Waals surface area contributed by atoms with Crippen molar-refractivity contribution < 1.29 is 22.8 Å². The Balaban J connectivity index is 0.00000320. The molecule has 0 spiro atoms. The van der Waals surface area contributed by atoms with Crippen molar-refractivity contribution in [3.8, 4) is 0 Å². The van der Waals surface area contributed by atoms with Crippen LogP contribution in [-0.4, -0.2) is 91.0 Å². The molecule has 0 aliphatic carbocycles. The third kappa shape index (κ3) is 5.05. The number of carbonyl (C=O) groups excluding carboxylic acids is 2. The number of alkyl halides is 3. The van der Waals surface area contributed by atoms with Crippen LogP contribution in [0, 0.1) is 0 Å². The molecule has 166 valence electrons. The molecule has 1 saturated heterocycles. The summed E-state index contributed by atoms with van der Waals surface area (Å²) in [6.45, 7) is 3.03. The van der Waals surface area contributed by atoms with Crippen LogP contribution >= 0.6 is 24.0 Å². The Morgan fingerprint density at radius 3 is 2.10 bits per heavy atom. The van der Waals surface area contributed by atoms with Crippen LogP contribution < -0.4 is 5.32 Å². The lowest BCUT2D eigenvalue weighted by Gasteiger charge is -2.39. The van der Waals surface area contributed by atoms with E-state index in [1.165, 1.54) is 16.7 Å². The molecule has 0 bridgehead atoms. The molecule has 0 saturated carbocycles. The topological polar surface area (TPSA) is 68.2 Å². The number of nitrogens with zero attached hydrogens (tertiary/aromatic N) is 4. The van der Waals surface area contributed by atoms with Crippen LogP contribution in [0.5, 0.6) is 0 Å². The molecule has 7 nitrogen and oxygen atoms in total. The van der Waals surface area contributed by atoms with E-state index in [4.69, 9.17) is 0 Å². The molecule has 1 aromatic carbocycles. The summed E-state index contributed by atoms with van der Waals surface area (Å²) in [6, 6.07) is 5.21. The standard InChI is InChI=1S/C19H24F3N5O2.HI/c1-13(19(20,21)22)25-9-11-26(12-10-25)18(23-2)24-7-8-27-16(28)14-5-3-4-6-15(14)17(27)29;/h3-6,13H,7-12H2,1-2H3,(H,23,24);1H. The molecule has 3 rings (SSSR count). The fourth-order valence-corrected chi connectivity index (χ4v) is 3.58. The smallest absolute Gasteiger partial charge is 0.354 e. The van der Waals surface area contributed by atoms with Crippen LogP contribution in [0.3, 0.4) is 0 Å². The monoisotopic (exact) mass is 539 g/mol. The van der Waals surface area contributed by atoms with Gasteiger partial charge in [0.05, 0.1) is 11.1 Å². The van der Waals surface area contributed by atoms with Gasteiger partial charge in [-0.05, 0) is 19.1 Å². The predicted molar refractivity (Wildman–Crippen MR) is 117 cm³/mol. The Hall–Kier alpha value is -1.89. The number of piperazine rings is 1. The van der Waals surface area contributed by atoms with Crippen molar-refractivity contribution in [1.82, 2.24) is 20.0 Å². The number of imide groups is 1. The molecule has 2 aliphatic heterocycles. The minimum atomic E-state index is -4.24. The molecule has 0 radical (unpaired) electrons. The van der Waals surface area contributed by atoms with E-state index < -0.39 is 12.2 Å². The summed E-state index contributed by atoms with van der Waals surface area (Å²) < 4.78 is 38.6. The quantitative estimate of drug-likeness (QED) is 0.275. The molecule has 2 aliphatic rings. The molecule has 2 heterocycles. The van der Waals surface area contributed by atoms with Crippen molar-refractivity contribution in [1.29, 1.82) is 0 Å². The minimum absolute atomic E-state index is 0. The maximum atomic E-state index is 12.9. The van der Waals surface area contributed by atoms with Gasteiger partial charge in [0, 0.05) is 46.3 Å². The number of fused-ring (bicyclic) bond motifs is 1. The first kappa shape index (κ1) is 24.4. The number of hydrogen-bond acceptors (Lipinski definition) is 4. The van der Waals surface area contributed by atoms with Crippen molar-refractivity contribution in [3.63, 3.8) is 0 Å². The van der Waals surface area contributed by atoms with Gasteiger partial charge in [-0.15, -0.1) is 24.0 Å². The van der Waals surface area contributed by atoms with E-state index >= 15 is 0 Å². The molecule has 0 aromatic heterocycles. The van der Waals surface area contributed by atoms with Crippen LogP contribution in [0.25, 0.3) is 0 Å². The number of amides is 2. The SMILES string of the molecule is CN=C(NCCN1C(=O)c2ccccc2C1=O)N1CCN(C(C)C(F)(F)F)CC1.I. The highest BCUT2D eigenvalue weighted by Crippen LogP contribution is 2.25. The first-order chi connectivity index (χ1) is 13.7. The fraction of sp³-hybridized carbons (Fsp3) is 0.526. The first-order valence-electron chi connectivity index (χ1n) is 9.45. The molecule has 2 amide bonds. The van der Waals surface area contributed by atoms with E-state index in [-0.39, 0.29) is 55.4 Å². The summed E-state index contributed by atoms with van der Waals surface area (Å²) in [5, 5.41) is 3.10. The molecular formula is C19H25F3IN5O2. The first-order valence-corrected chi connectivity index (χ1v) is 9.45. The Morgan fingerprint density at radius 2 is 1.63 bits per heavy atom. The Labute approximate surface area is 190 Å². The van der Waals surface area contributed by atoms with Crippen LogP contribution in [-0.2, 0) is 0 Å². The van der Waals surface area contributed by atoms with Crippen molar-refractivity contribution in [2.75, 3.05) is 46.3 Å². The van der Waals surface area contributed by atoms with E-state index in [0.717, 1.165) is 0 Å². The number of benzene rings is 1. The van der Waals surface area contributed by atoms with Crippen LogP contribution in [0.15, 0.2) is 29.3 Å². The number of carbonyl (C=O) groups is 2. The number of guanidine groups is 1. The Morgan fingerprint density at radius 1 is 1.10 bits per heavy atom. The highest BCUT2D eigenvalue weighted by atomic mass is 127. The van der Waals surface area contributed by atoms with Gasteiger partial charge in [-0.3, -0.25) is 24.4 Å². The van der Waals surface area contributed by atoms with Crippen molar-refractivity contribution >= 4 is 41.8 Å².